The summed E-state index contributed by atoms with van der Waals surface area (Å²) in [6.45, 7) is 9.37. The summed E-state index contributed by atoms with van der Waals surface area (Å²) in [5, 5.41) is 0. The van der Waals surface area contributed by atoms with Crippen LogP contribution in [0.15, 0.2) is 23.1 Å². The van der Waals surface area contributed by atoms with E-state index in [0.717, 1.165) is 12.1 Å². The largest absolute Gasteiger partial charge is 0.373 e. The van der Waals surface area contributed by atoms with Crippen LogP contribution < -0.4 is 4.72 Å². The number of nitrogens with one attached hydrogen (secondary N) is 1. The SMILES string of the molecule is C[C@H]1CN(C(C)(C)CNS(=O)(=O)c2ccc(F)c(F)c2)C[C@H](C)O1. The molecular formula is C16H24F2N2O3S. The summed E-state index contributed by atoms with van der Waals surface area (Å²) in [6, 6.07) is 2.54. The second kappa shape index (κ2) is 7.03. The first-order chi connectivity index (χ1) is 11.0. The fourth-order valence-corrected chi connectivity index (χ4v) is 4.00. The van der Waals surface area contributed by atoms with Crippen molar-refractivity contribution in [1.82, 2.24) is 9.62 Å². The summed E-state index contributed by atoms with van der Waals surface area (Å²) >= 11 is 0. The van der Waals surface area contributed by atoms with Gasteiger partial charge in [0.1, 0.15) is 0 Å². The van der Waals surface area contributed by atoms with Crippen LogP contribution in [-0.4, -0.2) is 50.7 Å². The fraction of sp³-hybridized carbons (Fsp3) is 0.625. The van der Waals surface area contributed by atoms with Crippen LogP contribution >= 0.6 is 0 Å². The highest BCUT2D eigenvalue weighted by Crippen LogP contribution is 2.21. The van der Waals surface area contributed by atoms with Crippen LogP contribution in [0.4, 0.5) is 8.78 Å². The zero-order valence-electron chi connectivity index (χ0n) is 14.3. The molecule has 1 aromatic carbocycles. The van der Waals surface area contributed by atoms with E-state index in [1.54, 1.807) is 0 Å². The third-order valence-corrected chi connectivity index (χ3v) is 5.57. The number of hydrogen-bond donors (Lipinski definition) is 1. The highest BCUT2D eigenvalue weighted by atomic mass is 32.2. The number of ether oxygens (including phenoxy) is 1. The smallest absolute Gasteiger partial charge is 0.240 e. The van der Waals surface area contributed by atoms with Gasteiger partial charge < -0.3 is 4.74 Å². The topological polar surface area (TPSA) is 58.6 Å². The number of halogens is 2. The summed E-state index contributed by atoms with van der Waals surface area (Å²) in [6.07, 6.45) is 0.131. The highest BCUT2D eigenvalue weighted by Gasteiger charge is 2.34. The van der Waals surface area contributed by atoms with Gasteiger partial charge in [-0.2, -0.15) is 0 Å². The molecule has 1 saturated heterocycles. The maximum absolute atomic E-state index is 13.3. The zero-order valence-corrected chi connectivity index (χ0v) is 15.2. The average Bonchev–Trinajstić information content (AvgIpc) is 2.47. The molecule has 1 fully saturated rings. The Kier molecular flexibility index (Phi) is 5.64. The number of sulfonamides is 1. The first-order valence-electron chi connectivity index (χ1n) is 7.86. The third kappa shape index (κ3) is 4.50. The van der Waals surface area contributed by atoms with E-state index in [1.165, 1.54) is 0 Å². The summed E-state index contributed by atoms with van der Waals surface area (Å²) < 4.78 is 59.0. The highest BCUT2D eigenvalue weighted by molar-refractivity contribution is 7.89. The van der Waals surface area contributed by atoms with Gasteiger partial charge in [0.2, 0.25) is 10.0 Å². The summed E-state index contributed by atoms with van der Waals surface area (Å²) in [4.78, 5) is 1.88. The van der Waals surface area contributed by atoms with E-state index < -0.39 is 27.2 Å². The molecule has 1 N–H and O–H groups in total. The van der Waals surface area contributed by atoms with Gasteiger partial charge in [0, 0.05) is 25.2 Å². The van der Waals surface area contributed by atoms with Gasteiger partial charge in [-0.1, -0.05) is 0 Å². The van der Waals surface area contributed by atoms with Gasteiger partial charge >= 0.3 is 0 Å². The molecule has 0 aliphatic carbocycles. The lowest BCUT2D eigenvalue weighted by atomic mass is 10.0. The molecule has 0 amide bonds. The van der Waals surface area contributed by atoms with Crippen molar-refractivity contribution in [2.45, 2.75) is 50.3 Å². The van der Waals surface area contributed by atoms with Crippen molar-refractivity contribution in [3.63, 3.8) is 0 Å². The Morgan fingerprint density at radius 3 is 2.33 bits per heavy atom. The standard InChI is InChI=1S/C16H24F2N2O3S/c1-11-8-20(9-12(2)23-11)16(3,4)10-19-24(21,22)13-5-6-14(17)15(18)7-13/h5-7,11-12,19H,8-10H2,1-4H3/t11-,12-/m0/s1. The molecule has 1 aliphatic rings. The van der Waals surface area contributed by atoms with Crippen molar-refractivity contribution < 1.29 is 21.9 Å². The molecule has 1 aliphatic heterocycles. The monoisotopic (exact) mass is 362 g/mol. The number of benzene rings is 1. The minimum atomic E-state index is -3.91. The van der Waals surface area contributed by atoms with Crippen LogP contribution in [-0.2, 0) is 14.8 Å². The third-order valence-electron chi connectivity index (χ3n) is 4.17. The summed E-state index contributed by atoms with van der Waals surface area (Å²) in [5.41, 5.74) is -0.446. The van der Waals surface area contributed by atoms with E-state index in [1.807, 2.05) is 27.7 Å². The van der Waals surface area contributed by atoms with Crippen LogP contribution in [0.3, 0.4) is 0 Å². The first-order valence-corrected chi connectivity index (χ1v) is 9.35. The molecule has 0 aromatic heterocycles. The van der Waals surface area contributed by atoms with Gasteiger partial charge in [-0.3, -0.25) is 4.90 Å². The Bertz CT molecular complexity index is 685. The second-order valence-corrected chi connectivity index (χ2v) is 8.64. The van der Waals surface area contributed by atoms with E-state index in [-0.39, 0.29) is 23.6 Å². The van der Waals surface area contributed by atoms with Crippen LogP contribution in [0.1, 0.15) is 27.7 Å². The number of rotatable bonds is 5. The van der Waals surface area contributed by atoms with Crippen molar-refractivity contribution in [3.05, 3.63) is 29.8 Å². The van der Waals surface area contributed by atoms with Crippen molar-refractivity contribution >= 4 is 10.0 Å². The van der Waals surface area contributed by atoms with Crippen LogP contribution in [0.25, 0.3) is 0 Å². The molecule has 0 bridgehead atoms. The Labute approximate surface area is 142 Å². The summed E-state index contributed by atoms with van der Waals surface area (Å²) in [5.74, 6) is -2.27. The first kappa shape index (κ1) is 19.2. The molecule has 0 saturated carbocycles. The van der Waals surface area contributed by atoms with E-state index in [0.29, 0.717) is 19.2 Å². The molecule has 1 heterocycles. The van der Waals surface area contributed by atoms with Crippen molar-refractivity contribution in [3.8, 4) is 0 Å². The minimum Gasteiger partial charge on any atom is -0.373 e. The van der Waals surface area contributed by atoms with Gasteiger partial charge in [-0.25, -0.2) is 21.9 Å². The van der Waals surface area contributed by atoms with Crippen LogP contribution in [0.2, 0.25) is 0 Å². The molecule has 0 radical (unpaired) electrons. The maximum Gasteiger partial charge on any atom is 0.240 e. The normalized spacial score (nSPS) is 23.4. The van der Waals surface area contributed by atoms with Crippen LogP contribution in [0, 0.1) is 11.6 Å². The lowest BCUT2D eigenvalue weighted by Crippen LogP contribution is -2.58. The van der Waals surface area contributed by atoms with E-state index in [2.05, 4.69) is 9.62 Å². The number of hydrogen-bond acceptors (Lipinski definition) is 4. The van der Waals surface area contributed by atoms with Gasteiger partial charge in [0.15, 0.2) is 11.6 Å². The van der Waals surface area contributed by atoms with Crippen LogP contribution in [0.5, 0.6) is 0 Å². The molecule has 1 aromatic rings. The molecule has 0 unspecified atom stereocenters. The molecule has 136 valence electrons. The Morgan fingerprint density at radius 2 is 1.79 bits per heavy atom. The van der Waals surface area contributed by atoms with E-state index >= 15 is 0 Å². The Balaban J connectivity index is 2.08. The second-order valence-electron chi connectivity index (χ2n) is 6.88. The van der Waals surface area contributed by atoms with Gasteiger partial charge in [-0.15, -0.1) is 0 Å². The Morgan fingerprint density at radius 1 is 1.21 bits per heavy atom. The molecule has 8 heteroatoms. The van der Waals surface area contributed by atoms with Crippen molar-refractivity contribution in [2.24, 2.45) is 0 Å². The quantitative estimate of drug-likeness (QED) is 0.872. The van der Waals surface area contributed by atoms with Crippen molar-refractivity contribution in [2.75, 3.05) is 19.6 Å². The zero-order chi connectivity index (χ0) is 18.1. The molecular weight excluding hydrogens is 338 g/mol. The predicted octanol–water partition coefficient (Wildman–Crippen LogP) is 2.13. The minimum absolute atomic E-state index is 0.0656. The molecule has 5 nitrogen and oxygen atoms in total. The molecule has 0 spiro atoms. The van der Waals surface area contributed by atoms with Gasteiger partial charge in [0.05, 0.1) is 17.1 Å². The van der Waals surface area contributed by atoms with Crippen molar-refractivity contribution in [1.29, 1.82) is 0 Å². The van der Waals surface area contributed by atoms with Gasteiger partial charge in [-0.05, 0) is 45.9 Å². The lowest BCUT2D eigenvalue weighted by molar-refractivity contribution is -0.0945. The van der Waals surface area contributed by atoms with Gasteiger partial charge in [0.25, 0.3) is 0 Å². The number of nitrogens with zero attached hydrogens (tertiary/aromatic N) is 1. The maximum atomic E-state index is 13.3. The van der Waals surface area contributed by atoms with E-state index in [4.69, 9.17) is 4.74 Å². The summed E-state index contributed by atoms with van der Waals surface area (Å²) in [7, 11) is -3.91. The lowest BCUT2D eigenvalue weighted by Gasteiger charge is -2.45. The fourth-order valence-electron chi connectivity index (χ4n) is 2.78. The average molecular weight is 362 g/mol. The van der Waals surface area contributed by atoms with E-state index in [9.17, 15) is 17.2 Å². The number of morpholine rings is 1. The predicted molar refractivity (Wildman–Crippen MR) is 87.2 cm³/mol. The molecule has 24 heavy (non-hydrogen) atoms. The Hall–Kier alpha value is -1.09. The molecule has 2 atom stereocenters. The molecule has 2 rings (SSSR count).